The number of rotatable bonds is 8. The zero-order valence-corrected chi connectivity index (χ0v) is 21.6. The third-order valence-electron chi connectivity index (χ3n) is 7.60. The number of hydrogen-bond acceptors (Lipinski definition) is 6. The summed E-state index contributed by atoms with van der Waals surface area (Å²) in [7, 11) is 0. The van der Waals surface area contributed by atoms with Crippen LogP contribution in [0.3, 0.4) is 0 Å². The first kappa shape index (κ1) is 26.4. The summed E-state index contributed by atoms with van der Waals surface area (Å²) in [5, 5.41) is 8.01. The van der Waals surface area contributed by atoms with Gasteiger partial charge in [-0.25, -0.2) is 4.79 Å². The van der Waals surface area contributed by atoms with Gasteiger partial charge >= 0.3 is 6.09 Å². The quantitative estimate of drug-likeness (QED) is 0.448. The molecule has 2 unspecified atom stereocenters. The van der Waals surface area contributed by atoms with Crippen LogP contribution >= 0.6 is 0 Å². The number of carbonyl (C=O) groups is 5. The maximum atomic E-state index is 13.2. The Morgan fingerprint density at radius 1 is 1.00 bits per heavy atom. The molecule has 10 heteroatoms. The van der Waals surface area contributed by atoms with Crippen molar-refractivity contribution in [2.45, 2.75) is 69.7 Å². The molecule has 3 N–H and O–H groups in total. The number of nitrogens with zero attached hydrogens (tertiary/aromatic N) is 1. The molecular formula is C29H32N4O6. The molecule has 5 amide bonds. The maximum Gasteiger partial charge on any atom is 0.407 e. The molecule has 5 rings (SSSR count). The van der Waals surface area contributed by atoms with Gasteiger partial charge in [0, 0.05) is 31.6 Å². The molecule has 2 atom stereocenters. The normalized spacial score (nSPS) is 19.8. The number of nitrogens with one attached hydrogen (secondary N) is 3. The van der Waals surface area contributed by atoms with Crippen molar-refractivity contribution in [2.24, 2.45) is 0 Å². The third-order valence-corrected chi connectivity index (χ3v) is 7.60. The molecule has 39 heavy (non-hydrogen) atoms. The van der Waals surface area contributed by atoms with Gasteiger partial charge in [0.15, 0.2) is 0 Å². The lowest BCUT2D eigenvalue weighted by Gasteiger charge is -2.29. The van der Waals surface area contributed by atoms with E-state index >= 15 is 0 Å². The van der Waals surface area contributed by atoms with Crippen molar-refractivity contribution in [1.82, 2.24) is 20.9 Å². The lowest BCUT2D eigenvalue weighted by atomic mass is 9.98. The molecule has 3 aliphatic rings. The zero-order valence-electron chi connectivity index (χ0n) is 21.6. The van der Waals surface area contributed by atoms with Crippen LogP contribution < -0.4 is 16.0 Å². The summed E-state index contributed by atoms with van der Waals surface area (Å²) < 4.78 is 5.47. The number of alkyl carbamates (subject to hydrolysis) is 1. The van der Waals surface area contributed by atoms with Gasteiger partial charge in [0.25, 0.3) is 5.91 Å². The fourth-order valence-electron chi connectivity index (χ4n) is 5.48. The summed E-state index contributed by atoms with van der Waals surface area (Å²) in [4.78, 5) is 63.8. The van der Waals surface area contributed by atoms with Crippen LogP contribution in [0.25, 0.3) is 0 Å². The third kappa shape index (κ3) is 6.10. The number of benzene rings is 2. The van der Waals surface area contributed by atoms with Crippen LogP contribution in [0.5, 0.6) is 0 Å². The van der Waals surface area contributed by atoms with Gasteiger partial charge in [0.05, 0.1) is 5.92 Å². The molecule has 1 aliphatic carbocycles. The number of carbonyl (C=O) groups excluding carboxylic acids is 5. The Morgan fingerprint density at radius 3 is 2.51 bits per heavy atom. The Balaban J connectivity index is 1.21. The van der Waals surface area contributed by atoms with Gasteiger partial charge in [-0.05, 0) is 54.9 Å². The first-order valence-corrected chi connectivity index (χ1v) is 13.4. The maximum absolute atomic E-state index is 13.2. The van der Waals surface area contributed by atoms with E-state index in [2.05, 4.69) is 16.0 Å². The zero-order chi connectivity index (χ0) is 27.4. The number of amides is 5. The van der Waals surface area contributed by atoms with Crippen molar-refractivity contribution in [3.8, 4) is 0 Å². The fraction of sp³-hybridized carbons (Fsp3) is 0.414. The number of imide groups is 1. The van der Waals surface area contributed by atoms with E-state index in [1.54, 1.807) is 12.1 Å². The van der Waals surface area contributed by atoms with Crippen molar-refractivity contribution in [3.05, 3.63) is 70.8 Å². The van der Waals surface area contributed by atoms with Crippen molar-refractivity contribution in [1.29, 1.82) is 0 Å². The molecule has 2 heterocycles. The second-order valence-corrected chi connectivity index (χ2v) is 10.3. The van der Waals surface area contributed by atoms with Crippen molar-refractivity contribution in [3.63, 3.8) is 0 Å². The molecule has 1 saturated carbocycles. The molecule has 2 fully saturated rings. The minimum atomic E-state index is -0.676. The highest BCUT2D eigenvalue weighted by molar-refractivity contribution is 6.05. The van der Waals surface area contributed by atoms with Gasteiger partial charge in [-0.1, -0.05) is 42.5 Å². The van der Waals surface area contributed by atoms with Gasteiger partial charge < -0.3 is 20.3 Å². The largest absolute Gasteiger partial charge is 0.446 e. The van der Waals surface area contributed by atoms with Crippen LogP contribution in [-0.4, -0.2) is 53.3 Å². The molecule has 2 aromatic rings. The number of hydrogen-bond donors (Lipinski definition) is 3. The summed E-state index contributed by atoms with van der Waals surface area (Å²) in [5.74, 6) is -1.87. The fourth-order valence-corrected chi connectivity index (χ4v) is 5.48. The molecule has 0 radical (unpaired) electrons. The summed E-state index contributed by atoms with van der Waals surface area (Å²) in [6.45, 7) is 0.595. The van der Waals surface area contributed by atoms with Gasteiger partial charge in [-0.2, -0.15) is 0 Å². The van der Waals surface area contributed by atoms with E-state index in [9.17, 15) is 24.0 Å². The highest BCUT2D eigenvalue weighted by Gasteiger charge is 2.39. The molecule has 2 aliphatic heterocycles. The van der Waals surface area contributed by atoms with Crippen molar-refractivity contribution in [2.75, 3.05) is 6.54 Å². The number of piperidine rings is 1. The first-order valence-electron chi connectivity index (χ1n) is 13.4. The Labute approximate surface area is 226 Å². The molecule has 0 aromatic heterocycles. The minimum absolute atomic E-state index is 0.0633. The molecule has 0 bridgehead atoms. The highest BCUT2D eigenvalue weighted by Crippen LogP contribution is 2.28. The minimum Gasteiger partial charge on any atom is -0.446 e. The van der Waals surface area contributed by atoms with Crippen LogP contribution in [0.15, 0.2) is 48.5 Å². The summed E-state index contributed by atoms with van der Waals surface area (Å²) in [6.07, 6.45) is 3.77. The molecule has 1 saturated heterocycles. The lowest BCUT2D eigenvalue weighted by molar-refractivity contribution is -0.137. The standard InChI is InChI=1S/C29H32N4O6/c34-25-13-12-24(27(36)32-25)33-17-20-14-18(10-11-22(20)28(33)37)15-30-26(35)23(19-6-2-1-3-7-19)16-31-29(38)39-21-8-4-5-9-21/h1-3,6-7,10-11,14,21,23-24H,4-5,8-9,12-13,15-17H2,(H,30,35)(H,31,38)(H,32,34,36). The Hall–Kier alpha value is -4.21. The second-order valence-electron chi connectivity index (χ2n) is 10.3. The first-order chi connectivity index (χ1) is 18.9. The Morgan fingerprint density at radius 2 is 1.77 bits per heavy atom. The van der Waals surface area contributed by atoms with Gasteiger partial charge in [0.2, 0.25) is 17.7 Å². The molecule has 0 spiro atoms. The van der Waals surface area contributed by atoms with Crippen molar-refractivity contribution < 1.29 is 28.7 Å². The highest BCUT2D eigenvalue weighted by atomic mass is 16.6. The number of fused-ring (bicyclic) bond motifs is 1. The van der Waals surface area contributed by atoms with E-state index in [-0.39, 0.29) is 49.9 Å². The van der Waals surface area contributed by atoms with Gasteiger partial charge in [-0.15, -0.1) is 0 Å². The van der Waals surface area contributed by atoms with E-state index in [4.69, 9.17) is 4.74 Å². The van der Waals surface area contributed by atoms with E-state index in [0.29, 0.717) is 12.0 Å². The van der Waals surface area contributed by atoms with E-state index < -0.39 is 24.0 Å². The number of ether oxygens (including phenoxy) is 1. The second kappa shape index (κ2) is 11.7. The monoisotopic (exact) mass is 532 g/mol. The predicted octanol–water partition coefficient (Wildman–Crippen LogP) is 2.52. The smallest absolute Gasteiger partial charge is 0.407 e. The van der Waals surface area contributed by atoms with Crippen LogP contribution in [0.1, 0.15) is 71.5 Å². The lowest BCUT2D eigenvalue weighted by Crippen LogP contribution is -2.52. The topological polar surface area (TPSA) is 134 Å². The van der Waals surface area contributed by atoms with E-state index in [1.807, 2.05) is 36.4 Å². The van der Waals surface area contributed by atoms with Crippen LogP contribution in [0, 0.1) is 0 Å². The molecular weight excluding hydrogens is 500 g/mol. The van der Waals surface area contributed by atoms with Crippen LogP contribution in [0.4, 0.5) is 4.79 Å². The Kier molecular flexibility index (Phi) is 7.90. The average molecular weight is 533 g/mol. The van der Waals surface area contributed by atoms with Crippen molar-refractivity contribution >= 4 is 29.7 Å². The summed E-state index contributed by atoms with van der Waals surface area (Å²) in [5.41, 5.74) is 2.87. The van der Waals surface area contributed by atoms with E-state index in [0.717, 1.165) is 42.4 Å². The SMILES string of the molecule is O=C1CCC(N2Cc3cc(CNC(=O)C(CNC(=O)OC4CCCC4)c4ccccc4)ccc3C2=O)C(=O)N1. The van der Waals surface area contributed by atoms with Gasteiger partial charge in [0.1, 0.15) is 12.1 Å². The average Bonchev–Trinajstić information content (AvgIpc) is 3.55. The predicted molar refractivity (Wildman–Crippen MR) is 140 cm³/mol. The van der Waals surface area contributed by atoms with Gasteiger partial charge in [-0.3, -0.25) is 24.5 Å². The van der Waals surface area contributed by atoms with E-state index in [1.165, 1.54) is 4.90 Å². The van der Waals surface area contributed by atoms with Crippen LogP contribution in [0.2, 0.25) is 0 Å². The molecule has 10 nitrogen and oxygen atoms in total. The molecule has 204 valence electrons. The molecule has 2 aromatic carbocycles. The Bertz CT molecular complexity index is 1270. The summed E-state index contributed by atoms with van der Waals surface area (Å²) in [6, 6.07) is 13.9. The summed E-state index contributed by atoms with van der Waals surface area (Å²) >= 11 is 0. The van der Waals surface area contributed by atoms with Crippen LogP contribution in [-0.2, 0) is 32.2 Å².